The number of benzene rings is 2. The molecule has 4 nitrogen and oxygen atoms in total. The van der Waals surface area contributed by atoms with Crippen LogP contribution in [0.2, 0.25) is 10.0 Å². The predicted molar refractivity (Wildman–Crippen MR) is 107 cm³/mol. The van der Waals surface area contributed by atoms with Gasteiger partial charge in [-0.3, -0.25) is 4.79 Å². The zero-order valence-electron chi connectivity index (χ0n) is 15.0. The number of hydrogen-bond acceptors (Lipinski definition) is 4. The molecule has 0 saturated carbocycles. The average molecular weight is 404 g/mol. The van der Waals surface area contributed by atoms with Crippen LogP contribution in [0.1, 0.15) is 48.0 Å². The second-order valence-corrected chi connectivity index (χ2v) is 7.42. The molecule has 0 fully saturated rings. The number of oxazole rings is 1. The number of aromatic nitrogens is 1. The first-order valence-electron chi connectivity index (χ1n) is 8.62. The number of aromatic hydroxyl groups is 1. The maximum Gasteiger partial charge on any atom is 0.228 e. The Bertz CT molecular complexity index is 962. The quantitative estimate of drug-likeness (QED) is 0.490. The summed E-state index contributed by atoms with van der Waals surface area (Å²) >= 11 is 12.2. The normalized spacial score (nSPS) is 11.1. The minimum Gasteiger partial charge on any atom is -0.508 e. The van der Waals surface area contributed by atoms with Crippen LogP contribution < -0.4 is 0 Å². The van der Waals surface area contributed by atoms with Crippen LogP contribution >= 0.6 is 23.2 Å². The molecule has 2 aromatic carbocycles. The molecule has 0 amide bonds. The number of ketones is 1. The zero-order chi connectivity index (χ0) is 19.6. The van der Waals surface area contributed by atoms with Gasteiger partial charge in [-0.1, -0.05) is 37.0 Å². The van der Waals surface area contributed by atoms with Crippen LogP contribution in [0.5, 0.6) is 5.75 Å². The number of Topliss-reactive ketones (excluding diaryl/α,β-unsaturated/α-hetero) is 1. The Labute approximate surface area is 167 Å². The molecule has 0 unspecified atom stereocenters. The zero-order valence-corrected chi connectivity index (χ0v) is 16.5. The summed E-state index contributed by atoms with van der Waals surface area (Å²) in [7, 11) is 0. The van der Waals surface area contributed by atoms with E-state index in [1.54, 1.807) is 30.3 Å². The maximum absolute atomic E-state index is 12.4. The van der Waals surface area contributed by atoms with Crippen LogP contribution in [-0.2, 0) is 6.42 Å². The van der Waals surface area contributed by atoms with Gasteiger partial charge in [0.05, 0.1) is 16.3 Å². The fourth-order valence-electron chi connectivity index (χ4n) is 2.80. The summed E-state index contributed by atoms with van der Waals surface area (Å²) in [5.74, 6) is 1.41. The highest BCUT2D eigenvalue weighted by Gasteiger charge is 2.20. The van der Waals surface area contributed by atoms with Crippen LogP contribution in [-0.4, -0.2) is 15.9 Å². The first-order chi connectivity index (χ1) is 12.8. The lowest BCUT2D eigenvalue weighted by Gasteiger charge is -2.04. The molecule has 1 aromatic heterocycles. The van der Waals surface area contributed by atoms with E-state index in [1.807, 2.05) is 13.8 Å². The standard InChI is InChI=1S/C21H19Cl2NO3/c1-12(2)20-18(9-10-19(26)13-3-6-15(25)7-4-13)24-21(27-20)16-8-5-14(22)11-17(16)23/h3-8,11-12,25H,9-10H2,1-2H3. The number of aryl methyl sites for hydroxylation is 1. The Kier molecular flexibility index (Phi) is 5.88. The SMILES string of the molecule is CC(C)c1oc(-c2ccc(Cl)cc2Cl)nc1CCC(=O)c1ccc(O)cc1. The van der Waals surface area contributed by atoms with Crippen molar-refractivity contribution < 1.29 is 14.3 Å². The van der Waals surface area contributed by atoms with Crippen molar-refractivity contribution in [2.75, 3.05) is 0 Å². The second kappa shape index (κ2) is 8.15. The molecule has 3 aromatic rings. The maximum atomic E-state index is 12.4. The fourth-order valence-corrected chi connectivity index (χ4v) is 3.28. The molecule has 0 atom stereocenters. The third-order valence-corrected chi connectivity index (χ3v) is 4.74. The highest BCUT2D eigenvalue weighted by atomic mass is 35.5. The van der Waals surface area contributed by atoms with Crippen molar-refractivity contribution in [3.63, 3.8) is 0 Å². The first-order valence-corrected chi connectivity index (χ1v) is 9.38. The van der Waals surface area contributed by atoms with Gasteiger partial charge in [-0.05, 0) is 42.5 Å². The van der Waals surface area contributed by atoms with Gasteiger partial charge in [0.2, 0.25) is 5.89 Å². The summed E-state index contributed by atoms with van der Waals surface area (Å²) in [6.45, 7) is 4.03. The average Bonchev–Trinajstić information content (AvgIpc) is 3.04. The summed E-state index contributed by atoms with van der Waals surface area (Å²) in [6, 6.07) is 11.4. The number of halogens is 2. The summed E-state index contributed by atoms with van der Waals surface area (Å²) in [4.78, 5) is 17.0. The molecule has 0 saturated heterocycles. The molecule has 0 aliphatic heterocycles. The Morgan fingerprint density at radius 2 is 1.85 bits per heavy atom. The number of carbonyl (C=O) groups excluding carboxylic acids is 1. The number of phenolic OH excluding ortho intramolecular Hbond substituents is 1. The van der Waals surface area contributed by atoms with E-state index in [4.69, 9.17) is 27.6 Å². The van der Waals surface area contributed by atoms with E-state index < -0.39 is 0 Å². The van der Waals surface area contributed by atoms with Gasteiger partial charge < -0.3 is 9.52 Å². The van der Waals surface area contributed by atoms with Crippen molar-refractivity contribution in [2.24, 2.45) is 0 Å². The largest absolute Gasteiger partial charge is 0.508 e. The third kappa shape index (κ3) is 4.52. The van der Waals surface area contributed by atoms with Gasteiger partial charge in [0.1, 0.15) is 11.5 Å². The van der Waals surface area contributed by atoms with E-state index in [2.05, 4.69) is 4.98 Å². The van der Waals surface area contributed by atoms with E-state index in [1.165, 1.54) is 12.1 Å². The van der Waals surface area contributed by atoms with Crippen LogP contribution in [0.3, 0.4) is 0 Å². The third-order valence-electron chi connectivity index (χ3n) is 4.19. The number of rotatable bonds is 6. The summed E-state index contributed by atoms with van der Waals surface area (Å²) in [6.07, 6.45) is 0.757. The Hall–Kier alpha value is -2.30. The molecule has 0 aliphatic carbocycles. The van der Waals surface area contributed by atoms with Crippen LogP contribution in [0, 0.1) is 0 Å². The molecule has 0 aliphatic rings. The molecule has 0 radical (unpaired) electrons. The topological polar surface area (TPSA) is 63.3 Å². The van der Waals surface area contributed by atoms with E-state index in [0.29, 0.717) is 39.9 Å². The van der Waals surface area contributed by atoms with Crippen LogP contribution in [0.25, 0.3) is 11.5 Å². The van der Waals surface area contributed by atoms with Crippen molar-refractivity contribution in [1.29, 1.82) is 0 Å². The molecule has 1 N–H and O–H groups in total. The molecule has 140 valence electrons. The van der Waals surface area contributed by atoms with E-state index in [0.717, 1.165) is 11.5 Å². The summed E-state index contributed by atoms with van der Waals surface area (Å²) in [5.41, 5.74) is 1.97. The first kappa shape index (κ1) is 19.5. The molecule has 27 heavy (non-hydrogen) atoms. The molecular weight excluding hydrogens is 385 g/mol. The van der Waals surface area contributed by atoms with Crippen molar-refractivity contribution in [1.82, 2.24) is 4.98 Å². The van der Waals surface area contributed by atoms with Crippen LogP contribution in [0.4, 0.5) is 0 Å². The smallest absolute Gasteiger partial charge is 0.228 e. The van der Waals surface area contributed by atoms with Gasteiger partial charge in [0, 0.05) is 29.3 Å². The Morgan fingerprint density at radius 3 is 2.48 bits per heavy atom. The fraction of sp³-hybridized carbons (Fsp3) is 0.238. The van der Waals surface area contributed by atoms with Gasteiger partial charge in [-0.2, -0.15) is 0 Å². The van der Waals surface area contributed by atoms with E-state index in [-0.39, 0.29) is 17.5 Å². The minimum absolute atomic E-state index is 0.0150. The van der Waals surface area contributed by atoms with Crippen LogP contribution in [0.15, 0.2) is 46.9 Å². The van der Waals surface area contributed by atoms with E-state index in [9.17, 15) is 9.90 Å². The number of phenols is 1. The number of nitrogens with zero attached hydrogens (tertiary/aromatic N) is 1. The molecule has 3 rings (SSSR count). The van der Waals surface area contributed by atoms with E-state index >= 15 is 0 Å². The van der Waals surface area contributed by atoms with Crippen molar-refractivity contribution >= 4 is 29.0 Å². The van der Waals surface area contributed by atoms with Gasteiger partial charge >= 0.3 is 0 Å². The summed E-state index contributed by atoms with van der Waals surface area (Å²) < 4.78 is 5.95. The van der Waals surface area contributed by atoms with Gasteiger partial charge in [-0.15, -0.1) is 0 Å². The predicted octanol–water partition coefficient (Wildman–Crippen LogP) is 6.29. The van der Waals surface area contributed by atoms with Crippen molar-refractivity contribution in [3.8, 4) is 17.2 Å². The molecule has 0 spiro atoms. The lowest BCUT2D eigenvalue weighted by atomic mass is 10.0. The molecule has 0 bridgehead atoms. The Balaban J connectivity index is 1.83. The minimum atomic E-state index is -0.0150. The highest BCUT2D eigenvalue weighted by molar-refractivity contribution is 6.36. The monoisotopic (exact) mass is 403 g/mol. The van der Waals surface area contributed by atoms with Gasteiger partial charge in [0.15, 0.2) is 5.78 Å². The Morgan fingerprint density at radius 1 is 1.15 bits per heavy atom. The lowest BCUT2D eigenvalue weighted by molar-refractivity contribution is 0.0982. The van der Waals surface area contributed by atoms with Crippen molar-refractivity contribution in [3.05, 3.63) is 69.5 Å². The molecule has 1 heterocycles. The van der Waals surface area contributed by atoms with Gasteiger partial charge in [0.25, 0.3) is 0 Å². The summed E-state index contributed by atoms with van der Waals surface area (Å²) in [5, 5.41) is 10.3. The van der Waals surface area contributed by atoms with Gasteiger partial charge in [-0.25, -0.2) is 4.98 Å². The number of carbonyl (C=O) groups is 1. The molecular formula is C21H19Cl2NO3. The molecule has 6 heteroatoms. The highest BCUT2D eigenvalue weighted by Crippen LogP contribution is 2.33. The lowest BCUT2D eigenvalue weighted by Crippen LogP contribution is -2.03. The van der Waals surface area contributed by atoms with Crippen molar-refractivity contribution in [2.45, 2.75) is 32.6 Å². The number of hydrogen-bond donors (Lipinski definition) is 1. The second-order valence-electron chi connectivity index (χ2n) is 6.58.